The molecule has 0 aliphatic carbocycles. The number of ether oxygens (including phenoxy) is 3. The number of hydrogen-bond acceptors (Lipinski definition) is 8. The summed E-state index contributed by atoms with van der Waals surface area (Å²) in [5, 5.41) is 10.6. The fraction of sp³-hybridized carbons (Fsp3) is 0.719. The van der Waals surface area contributed by atoms with Gasteiger partial charge < -0.3 is 34.0 Å². The molecule has 2 fully saturated rings. The monoisotopic (exact) mass is 602 g/mol. The van der Waals surface area contributed by atoms with Gasteiger partial charge in [-0.15, -0.1) is 0 Å². The number of unbranched alkanes of at least 4 members (excludes halogenated alkanes) is 2. The highest BCUT2D eigenvalue weighted by molar-refractivity contribution is 5.79. The van der Waals surface area contributed by atoms with Crippen LogP contribution in [0.4, 0.5) is 0 Å². The molecule has 3 aliphatic heterocycles. The van der Waals surface area contributed by atoms with Crippen LogP contribution in [0.15, 0.2) is 12.1 Å². The summed E-state index contributed by atoms with van der Waals surface area (Å²) < 4.78 is 16.8. The van der Waals surface area contributed by atoms with Crippen LogP contribution in [0.5, 0.6) is 17.2 Å². The number of carbonyl (C=O) groups excluding carboxylic acids is 2. The van der Waals surface area contributed by atoms with Crippen LogP contribution in [0, 0.1) is 5.92 Å². The topological polar surface area (TPSA) is 112 Å². The van der Waals surface area contributed by atoms with Crippen molar-refractivity contribution in [3.8, 4) is 17.2 Å². The van der Waals surface area contributed by atoms with Gasteiger partial charge >= 0.3 is 5.97 Å². The molecule has 1 aromatic carbocycles. The molecule has 1 aromatic rings. The minimum Gasteiger partial charge on any atom is -0.493 e. The van der Waals surface area contributed by atoms with Crippen molar-refractivity contribution in [2.75, 3.05) is 73.8 Å². The Bertz CT molecular complexity index is 1110. The van der Waals surface area contributed by atoms with Gasteiger partial charge in [0.15, 0.2) is 11.5 Å². The number of nitrogens with zero attached hydrogens (tertiary/aromatic N) is 4. The second kappa shape index (κ2) is 15.6. The van der Waals surface area contributed by atoms with E-state index >= 15 is 0 Å². The van der Waals surface area contributed by atoms with E-state index in [-0.39, 0.29) is 31.1 Å². The number of amides is 2. The quantitative estimate of drug-likeness (QED) is 0.285. The molecule has 11 nitrogen and oxygen atoms in total. The number of rotatable bonds is 16. The Morgan fingerprint density at radius 3 is 2.56 bits per heavy atom. The zero-order chi connectivity index (χ0) is 30.9. The van der Waals surface area contributed by atoms with Crippen LogP contribution >= 0.6 is 0 Å². The zero-order valence-corrected chi connectivity index (χ0v) is 26.4. The van der Waals surface area contributed by atoms with E-state index < -0.39 is 17.9 Å². The third kappa shape index (κ3) is 8.32. The van der Waals surface area contributed by atoms with Crippen molar-refractivity contribution in [3.05, 3.63) is 17.7 Å². The number of aliphatic carboxylic acids is 1. The minimum atomic E-state index is -0.905. The SMILES string of the molecule is CCCCN(CCCCN(C)C)C(=O)CN1CC(c2cc(OC)c3c(c2)OCO3)[C@H](C(=O)O)[C@H]1CCN1CCCCC1=O. The maximum Gasteiger partial charge on any atom is 0.308 e. The Labute approximate surface area is 256 Å². The molecular weight excluding hydrogens is 552 g/mol. The van der Waals surface area contributed by atoms with Crippen LogP contribution in [0.25, 0.3) is 0 Å². The maximum atomic E-state index is 13.8. The lowest BCUT2D eigenvalue weighted by Gasteiger charge is -2.32. The summed E-state index contributed by atoms with van der Waals surface area (Å²) >= 11 is 0. The first-order valence-electron chi connectivity index (χ1n) is 15.9. The highest BCUT2D eigenvalue weighted by Crippen LogP contribution is 2.47. The van der Waals surface area contributed by atoms with E-state index in [1.165, 1.54) is 0 Å². The molecule has 1 unspecified atom stereocenters. The summed E-state index contributed by atoms with van der Waals surface area (Å²) in [6.07, 6.45) is 6.74. The molecule has 11 heteroatoms. The van der Waals surface area contributed by atoms with Gasteiger partial charge in [0.05, 0.1) is 19.6 Å². The van der Waals surface area contributed by atoms with E-state index in [0.29, 0.717) is 62.8 Å². The van der Waals surface area contributed by atoms with Crippen molar-refractivity contribution < 1.29 is 33.7 Å². The molecule has 2 saturated heterocycles. The minimum absolute atomic E-state index is 0.0328. The summed E-state index contributed by atoms with van der Waals surface area (Å²) in [6.45, 7) is 6.31. The van der Waals surface area contributed by atoms with E-state index in [9.17, 15) is 19.5 Å². The number of benzene rings is 1. The molecule has 3 atom stereocenters. The second-order valence-corrected chi connectivity index (χ2v) is 12.3. The molecule has 3 heterocycles. The lowest BCUT2D eigenvalue weighted by atomic mass is 9.84. The number of likely N-dealkylation sites (tertiary alicyclic amines) is 2. The number of hydrogen-bond donors (Lipinski definition) is 1. The molecule has 4 rings (SSSR count). The molecule has 1 N–H and O–H groups in total. The van der Waals surface area contributed by atoms with E-state index in [4.69, 9.17) is 14.2 Å². The number of piperidine rings is 1. The first-order chi connectivity index (χ1) is 20.7. The number of carboxylic acid groups (broad SMARTS) is 1. The van der Waals surface area contributed by atoms with Crippen LogP contribution in [0.3, 0.4) is 0 Å². The largest absolute Gasteiger partial charge is 0.493 e. The second-order valence-electron chi connectivity index (χ2n) is 12.3. The van der Waals surface area contributed by atoms with Crippen LogP contribution in [-0.4, -0.2) is 122 Å². The average molecular weight is 603 g/mol. The normalized spacial score (nSPS) is 21.9. The number of carboxylic acids is 1. The Morgan fingerprint density at radius 1 is 1.09 bits per heavy atom. The molecule has 0 saturated carbocycles. The smallest absolute Gasteiger partial charge is 0.308 e. The molecule has 3 aliphatic rings. The van der Waals surface area contributed by atoms with Crippen LogP contribution in [0.2, 0.25) is 0 Å². The van der Waals surface area contributed by atoms with E-state index in [1.807, 2.05) is 21.9 Å². The first-order valence-corrected chi connectivity index (χ1v) is 15.9. The Morgan fingerprint density at radius 2 is 1.86 bits per heavy atom. The van der Waals surface area contributed by atoms with Gasteiger partial charge in [0.2, 0.25) is 24.4 Å². The standard InChI is InChI=1S/C32H50N4O7/c1-5-6-14-34(16-10-9-13-33(2)3)29(38)21-36-20-24(23-18-26(41-4)31-27(19-23)42-22-43-31)30(32(39)40)25(36)12-17-35-15-8-7-11-28(35)37/h18-19,24-25,30H,5-17,20-22H2,1-4H3,(H,39,40)/t24?,25-,30+/m1/s1. The summed E-state index contributed by atoms with van der Waals surface area (Å²) in [5.41, 5.74) is 0.786. The highest BCUT2D eigenvalue weighted by Gasteiger charge is 2.48. The van der Waals surface area contributed by atoms with Gasteiger partial charge in [0.25, 0.3) is 0 Å². The van der Waals surface area contributed by atoms with Gasteiger partial charge in [0.1, 0.15) is 0 Å². The van der Waals surface area contributed by atoms with Crippen molar-refractivity contribution in [1.82, 2.24) is 19.6 Å². The van der Waals surface area contributed by atoms with E-state index in [1.54, 1.807) is 7.11 Å². The third-order valence-corrected chi connectivity index (χ3v) is 9.01. The number of methoxy groups -OCH3 is 1. The Kier molecular flexibility index (Phi) is 11.9. The van der Waals surface area contributed by atoms with Gasteiger partial charge in [-0.3, -0.25) is 19.3 Å². The summed E-state index contributed by atoms with van der Waals surface area (Å²) in [5.74, 6) is -0.344. The van der Waals surface area contributed by atoms with Crippen molar-refractivity contribution in [1.29, 1.82) is 0 Å². The zero-order valence-electron chi connectivity index (χ0n) is 26.4. The van der Waals surface area contributed by atoms with Crippen LogP contribution in [0.1, 0.15) is 69.8 Å². The molecule has 0 aromatic heterocycles. The molecule has 0 bridgehead atoms. The molecule has 0 spiro atoms. The molecule has 2 amide bonds. The molecule has 43 heavy (non-hydrogen) atoms. The lowest BCUT2D eigenvalue weighted by molar-refractivity contribution is -0.144. The Hall–Kier alpha value is -3.05. The Balaban J connectivity index is 1.58. The van der Waals surface area contributed by atoms with Gasteiger partial charge in [-0.1, -0.05) is 13.3 Å². The highest BCUT2D eigenvalue weighted by atomic mass is 16.7. The van der Waals surface area contributed by atoms with Crippen molar-refractivity contribution >= 4 is 17.8 Å². The summed E-state index contributed by atoms with van der Waals surface area (Å²) in [4.78, 5) is 47.4. The first kappa shape index (κ1) is 32.9. The predicted octanol–water partition coefficient (Wildman–Crippen LogP) is 3.27. The summed E-state index contributed by atoms with van der Waals surface area (Å²) in [7, 11) is 5.66. The van der Waals surface area contributed by atoms with Crippen LogP contribution in [-0.2, 0) is 14.4 Å². The van der Waals surface area contributed by atoms with Gasteiger partial charge in [-0.2, -0.15) is 0 Å². The third-order valence-electron chi connectivity index (χ3n) is 9.01. The van der Waals surface area contributed by atoms with Crippen molar-refractivity contribution in [2.24, 2.45) is 5.92 Å². The van der Waals surface area contributed by atoms with Crippen molar-refractivity contribution in [3.63, 3.8) is 0 Å². The van der Waals surface area contributed by atoms with E-state index in [0.717, 1.165) is 50.6 Å². The predicted molar refractivity (Wildman–Crippen MR) is 163 cm³/mol. The van der Waals surface area contributed by atoms with E-state index in [2.05, 4.69) is 30.8 Å². The van der Waals surface area contributed by atoms with Crippen molar-refractivity contribution in [2.45, 2.75) is 70.3 Å². The fourth-order valence-corrected chi connectivity index (χ4v) is 6.66. The van der Waals surface area contributed by atoms with Gasteiger partial charge in [-0.05, 0) is 76.9 Å². The summed E-state index contributed by atoms with van der Waals surface area (Å²) in [6, 6.07) is 3.28. The maximum absolute atomic E-state index is 13.8. The van der Waals surface area contributed by atoms with Crippen LogP contribution < -0.4 is 14.2 Å². The van der Waals surface area contributed by atoms with Gasteiger partial charge in [-0.25, -0.2) is 0 Å². The molecule has 0 radical (unpaired) electrons. The number of carbonyl (C=O) groups is 3. The number of fused-ring (bicyclic) bond motifs is 1. The molecule has 240 valence electrons. The van der Waals surface area contributed by atoms with Gasteiger partial charge in [0, 0.05) is 51.1 Å². The average Bonchev–Trinajstić information content (AvgIpc) is 3.60. The fourth-order valence-electron chi connectivity index (χ4n) is 6.66. The lowest BCUT2D eigenvalue weighted by Crippen LogP contribution is -2.46. The molecular formula is C32H50N4O7.